The Morgan fingerprint density at radius 2 is 0.767 bits per heavy atom. The van der Waals surface area contributed by atoms with Crippen LogP contribution in [-0.2, 0) is 13.9 Å². The van der Waals surface area contributed by atoms with Crippen molar-refractivity contribution in [2.75, 3.05) is 0 Å². The third-order valence-electron chi connectivity index (χ3n) is 8.87. The fourth-order valence-corrected chi connectivity index (χ4v) is 6.37. The number of aliphatic hydroxyl groups excluding tert-OH is 1. The third kappa shape index (κ3) is 27.6. The third-order valence-corrected chi connectivity index (χ3v) is 9.29. The predicted octanol–water partition coefficient (Wildman–Crippen LogP) is 10.5. The molecule has 8 heteroatoms. The Labute approximate surface area is 265 Å². The van der Waals surface area contributed by atoms with E-state index in [0.717, 1.165) is 38.5 Å². The summed E-state index contributed by atoms with van der Waals surface area (Å²) in [6.07, 6.45) is 32.2. The molecule has 4 N–H and O–H groups in total. The summed E-state index contributed by atoms with van der Waals surface area (Å²) in [5.74, 6) is -1.45. The van der Waals surface area contributed by atoms with E-state index in [-0.39, 0.29) is 12.8 Å². The molecule has 0 aliphatic heterocycles. The zero-order valence-corrected chi connectivity index (χ0v) is 29.1. The fourth-order valence-electron chi connectivity index (χ4n) is 6.04. The Balaban J connectivity index is 4.20. The first kappa shape index (κ1) is 42.5. The summed E-state index contributed by atoms with van der Waals surface area (Å²) < 4.78 is 15.2. The number of phosphoric acid groups is 1. The van der Waals surface area contributed by atoms with Crippen LogP contribution in [0.2, 0.25) is 0 Å². The molecule has 7 nitrogen and oxygen atoms in total. The van der Waals surface area contributed by atoms with Gasteiger partial charge in [0.1, 0.15) is 5.60 Å². The molecule has 0 saturated heterocycles. The maximum atomic E-state index is 12.2. The number of hydrogen-bond donors (Lipinski definition) is 4. The SMILES string of the molecule is CCCCCCCCCCCCCCCCC(O)(CCCCCCCCCCCCCCCC)C(O)C(=O)OP(=O)(O)O. The highest BCUT2D eigenvalue weighted by molar-refractivity contribution is 7.46. The molecular weight excluding hydrogens is 563 g/mol. The molecule has 0 bridgehead atoms. The van der Waals surface area contributed by atoms with Gasteiger partial charge in [-0.05, 0) is 12.8 Å². The van der Waals surface area contributed by atoms with Gasteiger partial charge in [0.2, 0.25) is 0 Å². The number of unbranched alkanes of at least 4 members (excludes halogenated alkanes) is 26. The average Bonchev–Trinajstić information content (AvgIpc) is 2.96. The van der Waals surface area contributed by atoms with E-state index in [0.29, 0.717) is 12.8 Å². The van der Waals surface area contributed by atoms with Crippen LogP contribution in [0.5, 0.6) is 0 Å². The maximum absolute atomic E-state index is 12.2. The summed E-state index contributed by atoms with van der Waals surface area (Å²) >= 11 is 0. The van der Waals surface area contributed by atoms with Gasteiger partial charge in [-0.3, -0.25) is 9.79 Å². The largest absolute Gasteiger partial charge is 0.527 e. The molecule has 0 radical (unpaired) electrons. The smallest absolute Gasteiger partial charge is 0.387 e. The van der Waals surface area contributed by atoms with Crippen molar-refractivity contribution in [3.8, 4) is 0 Å². The van der Waals surface area contributed by atoms with E-state index in [9.17, 15) is 19.6 Å². The van der Waals surface area contributed by atoms with Crippen LogP contribution in [0.3, 0.4) is 0 Å². The van der Waals surface area contributed by atoms with E-state index >= 15 is 0 Å². The Morgan fingerprint density at radius 3 is 1.00 bits per heavy atom. The van der Waals surface area contributed by atoms with Gasteiger partial charge < -0.3 is 14.7 Å². The zero-order valence-electron chi connectivity index (χ0n) is 28.3. The zero-order chi connectivity index (χ0) is 32.1. The van der Waals surface area contributed by atoms with E-state index in [1.807, 2.05) is 0 Å². The second-order valence-electron chi connectivity index (χ2n) is 13.1. The topological polar surface area (TPSA) is 124 Å². The molecule has 0 aromatic carbocycles. The van der Waals surface area contributed by atoms with E-state index in [1.165, 1.54) is 128 Å². The molecule has 0 aromatic rings. The van der Waals surface area contributed by atoms with Crippen molar-refractivity contribution < 1.29 is 33.9 Å². The van der Waals surface area contributed by atoms with Crippen LogP contribution in [0.25, 0.3) is 0 Å². The van der Waals surface area contributed by atoms with Gasteiger partial charge in [-0.2, -0.15) is 0 Å². The highest BCUT2D eigenvalue weighted by Crippen LogP contribution is 2.38. The molecule has 43 heavy (non-hydrogen) atoms. The van der Waals surface area contributed by atoms with Gasteiger partial charge in [0.25, 0.3) is 0 Å². The van der Waals surface area contributed by atoms with Crippen LogP contribution in [0.15, 0.2) is 0 Å². The lowest BCUT2D eigenvalue weighted by Gasteiger charge is -2.32. The van der Waals surface area contributed by atoms with Crippen molar-refractivity contribution >= 4 is 13.8 Å². The minimum Gasteiger partial charge on any atom is -0.387 e. The molecule has 0 aromatic heterocycles. The molecule has 0 aliphatic rings. The molecule has 0 amide bonds. The summed E-state index contributed by atoms with van der Waals surface area (Å²) in [6.45, 7) is 4.49. The molecule has 0 rings (SSSR count). The van der Waals surface area contributed by atoms with E-state index < -0.39 is 25.5 Å². The highest BCUT2D eigenvalue weighted by atomic mass is 31.2. The number of aliphatic hydroxyl groups is 2. The predicted molar refractivity (Wildman–Crippen MR) is 179 cm³/mol. The molecule has 0 spiro atoms. The first-order valence-electron chi connectivity index (χ1n) is 18.4. The summed E-state index contributed by atoms with van der Waals surface area (Å²) in [5, 5.41) is 21.8. The molecule has 1 unspecified atom stereocenters. The second-order valence-corrected chi connectivity index (χ2v) is 14.3. The van der Waals surface area contributed by atoms with Gasteiger partial charge in [-0.15, -0.1) is 0 Å². The van der Waals surface area contributed by atoms with Crippen molar-refractivity contribution in [2.45, 2.75) is 218 Å². The molecule has 0 heterocycles. The van der Waals surface area contributed by atoms with Crippen LogP contribution >= 0.6 is 7.82 Å². The summed E-state index contributed by atoms with van der Waals surface area (Å²) in [4.78, 5) is 30.2. The number of phosphoric ester groups is 1. The van der Waals surface area contributed by atoms with E-state index in [2.05, 4.69) is 18.4 Å². The quantitative estimate of drug-likeness (QED) is 0.0418. The molecule has 0 saturated carbocycles. The van der Waals surface area contributed by atoms with Gasteiger partial charge in [-0.25, -0.2) is 9.36 Å². The first-order chi connectivity index (χ1) is 20.7. The van der Waals surface area contributed by atoms with E-state index in [4.69, 9.17) is 9.79 Å². The van der Waals surface area contributed by atoms with Gasteiger partial charge in [-0.1, -0.05) is 194 Å². The van der Waals surface area contributed by atoms with E-state index in [1.54, 1.807) is 0 Å². The van der Waals surface area contributed by atoms with Crippen LogP contribution in [0.1, 0.15) is 206 Å². The van der Waals surface area contributed by atoms with Gasteiger partial charge in [0.15, 0.2) is 6.10 Å². The molecule has 0 aliphatic carbocycles. The van der Waals surface area contributed by atoms with Crippen LogP contribution in [-0.4, -0.2) is 37.7 Å². The van der Waals surface area contributed by atoms with Crippen molar-refractivity contribution in [1.82, 2.24) is 0 Å². The van der Waals surface area contributed by atoms with Crippen LogP contribution in [0.4, 0.5) is 0 Å². The van der Waals surface area contributed by atoms with Crippen molar-refractivity contribution in [1.29, 1.82) is 0 Å². The minimum absolute atomic E-state index is 0.209. The number of carbonyl (C=O) groups excluding carboxylic acids is 1. The van der Waals surface area contributed by atoms with Crippen molar-refractivity contribution in [3.05, 3.63) is 0 Å². The molecule has 258 valence electrons. The van der Waals surface area contributed by atoms with Crippen molar-refractivity contribution in [2.24, 2.45) is 0 Å². The highest BCUT2D eigenvalue weighted by Gasteiger charge is 2.42. The van der Waals surface area contributed by atoms with Gasteiger partial charge >= 0.3 is 13.8 Å². The number of carbonyl (C=O) groups is 1. The Kier molecular flexibility index (Phi) is 28.7. The lowest BCUT2D eigenvalue weighted by molar-refractivity contribution is -0.163. The minimum atomic E-state index is -5.09. The maximum Gasteiger partial charge on any atom is 0.527 e. The first-order valence-corrected chi connectivity index (χ1v) is 19.9. The standard InChI is InChI=1S/C35H71O7P/c1-3-5-7-9-11-13-15-17-19-21-23-25-27-29-31-35(38,33(36)34(37)42-43(39,40)41)32-30-28-26-24-22-20-18-16-14-12-10-8-6-4-2/h33,36,38H,3-32H2,1-2H3,(H2,39,40,41). The van der Waals surface area contributed by atoms with Crippen LogP contribution in [0, 0.1) is 0 Å². The fraction of sp³-hybridized carbons (Fsp3) is 0.971. The van der Waals surface area contributed by atoms with Crippen molar-refractivity contribution in [3.63, 3.8) is 0 Å². The Hall–Kier alpha value is -0.460. The number of hydrogen-bond acceptors (Lipinski definition) is 5. The lowest BCUT2D eigenvalue weighted by atomic mass is 9.84. The summed E-state index contributed by atoms with van der Waals surface area (Å²) in [6, 6.07) is 0. The Bertz CT molecular complexity index is 635. The average molecular weight is 635 g/mol. The summed E-state index contributed by atoms with van der Waals surface area (Å²) in [7, 11) is -5.09. The second kappa shape index (κ2) is 29.0. The molecular formula is C35H71O7P. The monoisotopic (exact) mass is 634 g/mol. The Morgan fingerprint density at radius 1 is 0.535 bits per heavy atom. The molecule has 1 atom stereocenters. The van der Waals surface area contributed by atoms with Gasteiger partial charge in [0, 0.05) is 0 Å². The van der Waals surface area contributed by atoms with Gasteiger partial charge in [0.05, 0.1) is 0 Å². The normalized spacial score (nSPS) is 13.0. The molecule has 0 fully saturated rings. The summed E-state index contributed by atoms with van der Waals surface area (Å²) in [5.41, 5.74) is -1.74. The lowest BCUT2D eigenvalue weighted by Crippen LogP contribution is -2.47. The number of rotatable bonds is 33. The van der Waals surface area contributed by atoms with Crippen LogP contribution < -0.4 is 0 Å².